The number of likely N-dealkylation sites (tertiary alicyclic amines) is 1. The molecule has 2 unspecified atom stereocenters. The Morgan fingerprint density at radius 3 is 2.60 bits per heavy atom. The fourth-order valence-corrected chi connectivity index (χ4v) is 5.92. The molecule has 42 heavy (non-hydrogen) atoms. The van der Waals surface area contributed by atoms with Crippen LogP contribution in [0.2, 0.25) is 5.02 Å². The Bertz CT molecular complexity index is 1690. The van der Waals surface area contributed by atoms with Crippen LogP contribution in [-0.2, 0) is 11.2 Å². The smallest absolute Gasteiger partial charge is 0.335 e. The number of carbonyl (C=O) groups is 2. The van der Waals surface area contributed by atoms with Crippen LogP contribution in [0.1, 0.15) is 58.5 Å². The third-order valence-electron chi connectivity index (χ3n) is 7.74. The summed E-state index contributed by atoms with van der Waals surface area (Å²) >= 11 is 6.31. The van der Waals surface area contributed by atoms with E-state index >= 15 is 0 Å². The molecule has 0 saturated carbocycles. The van der Waals surface area contributed by atoms with Gasteiger partial charge in [-0.3, -0.25) is 4.79 Å². The Hall–Kier alpha value is -4.83. The van der Waals surface area contributed by atoms with E-state index in [1.165, 1.54) is 6.33 Å². The van der Waals surface area contributed by atoms with E-state index in [4.69, 9.17) is 16.6 Å². The number of hydrogen-bond donors (Lipinski definition) is 2. The number of nitrogens with zero attached hydrogens (tertiary/aromatic N) is 6. The van der Waals surface area contributed by atoms with Crippen LogP contribution in [0, 0.1) is 0 Å². The number of aromatic nitrogens is 6. The topological polar surface area (TPSA) is 130 Å². The van der Waals surface area contributed by atoms with E-state index in [1.54, 1.807) is 41.2 Å². The third kappa shape index (κ3) is 5.66. The predicted molar refractivity (Wildman–Crippen MR) is 156 cm³/mol. The first-order valence-corrected chi connectivity index (χ1v) is 14.1. The summed E-state index contributed by atoms with van der Waals surface area (Å²) in [6.45, 7) is 0.617. The number of aryl methyl sites for hydroxylation is 1. The number of rotatable bonds is 8. The van der Waals surface area contributed by atoms with Crippen molar-refractivity contribution >= 4 is 23.5 Å². The first-order chi connectivity index (χ1) is 20.5. The zero-order chi connectivity index (χ0) is 29.1. The van der Waals surface area contributed by atoms with Crippen molar-refractivity contribution in [2.24, 2.45) is 0 Å². The van der Waals surface area contributed by atoms with Crippen LogP contribution in [0.4, 0.5) is 0 Å². The van der Waals surface area contributed by atoms with Crippen LogP contribution in [0.15, 0.2) is 85.3 Å². The zero-order valence-corrected chi connectivity index (χ0v) is 23.4. The molecule has 0 spiro atoms. The van der Waals surface area contributed by atoms with Gasteiger partial charge in [0.05, 0.1) is 29.2 Å². The van der Waals surface area contributed by atoms with Crippen molar-refractivity contribution in [1.29, 1.82) is 0 Å². The fraction of sp³-hybridized carbons (Fsp3) is 0.226. The Labute approximate surface area is 247 Å². The van der Waals surface area contributed by atoms with E-state index in [0.29, 0.717) is 23.8 Å². The number of carboxylic acid groups (broad SMARTS) is 1. The molecule has 0 aliphatic carbocycles. The summed E-state index contributed by atoms with van der Waals surface area (Å²) in [7, 11) is 0. The quantitative estimate of drug-likeness (QED) is 0.248. The van der Waals surface area contributed by atoms with Gasteiger partial charge in [-0.25, -0.2) is 14.5 Å². The van der Waals surface area contributed by atoms with Crippen LogP contribution in [0.25, 0.3) is 16.9 Å². The standard InChI is InChI=1S/C31H28ClN7O3/c32-24-13-14-27(39-19-34-36-37-39)23(17-24)12-15-28(40)38-16-4-7-25(20-5-2-1-3-6-20)29(38)30-33-18-26(35-30)21-8-10-22(11-9-21)31(41)42/h1-3,5-6,8-11,13-14,17-19,25,29H,4,7,12,15-16H2,(H,33,35)(H,41,42). The van der Waals surface area contributed by atoms with Gasteiger partial charge in [0.2, 0.25) is 5.91 Å². The van der Waals surface area contributed by atoms with Crippen molar-refractivity contribution < 1.29 is 14.7 Å². The van der Waals surface area contributed by atoms with Gasteiger partial charge in [0.25, 0.3) is 0 Å². The highest BCUT2D eigenvalue weighted by Gasteiger charge is 2.38. The summed E-state index contributed by atoms with van der Waals surface area (Å²) in [4.78, 5) is 35.4. The Morgan fingerprint density at radius 1 is 1.05 bits per heavy atom. The summed E-state index contributed by atoms with van der Waals surface area (Å²) in [6.07, 6.45) is 5.79. The molecule has 5 aromatic rings. The molecule has 2 N–H and O–H groups in total. The number of amides is 1. The summed E-state index contributed by atoms with van der Waals surface area (Å²) < 4.78 is 1.57. The predicted octanol–water partition coefficient (Wildman–Crippen LogP) is 5.48. The molecule has 11 heteroatoms. The van der Waals surface area contributed by atoms with Crippen LogP contribution in [-0.4, -0.2) is 58.6 Å². The van der Waals surface area contributed by atoms with Crippen LogP contribution in [0.3, 0.4) is 0 Å². The first kappa shape index (κ1) is 27.3. The van der Waals surface area contributed by atoms with Crippen molar-refractivity contribution in [1.82, 2.24) is 35.1 Å². The molecule has 3 heterocycles. The van der Waals surface area contributed by atoms with E-state index in [-0.39, 0.29) is 29.9 Å². The molecule has 10 nitrogen and oxygen atoms in total. The summed E-state index contributed by atoms with van der Waals surface area (Å²) in [5.74, 6) is -0.199. The lowest BCUT2D eigenvalue weighted by molar-refractivity contribution is -0.135. The highest BCUT2D eigenvalue weighted by Crippen LogP contribution is 2.42. The van der Waals surface area contributed by atoms with Crippen molar-refractivity contribution in [3.63, 3.8) is 0 Å². The minimum atomic E-state index is -0.975. The lowest BCUT2D eigenvalue weighted by atomic mass is 9.82. The molecule has 2 aromatic heterocycles. The van der Waals surface area contributed by atoms with E-state index < -0.39 is 5.97 Å². The normalized spacial score (nSPS) is 16.8. The number of halogens is 1. The summed E-state index contributed by atoms with van der Waals surface area (Å²) in [6, 6.07) is 22.1. The number of H-pyrrole nitrogens is 1. The second-order valence-electron chi connectivity index (χ2n) is 10.3. The van der Waals surface area contributed by atoms with E-state index in [9.17, 15) is 14.7 Å². The van der Waals surface area contributed by atoms with Gasteiger partial charge in [-0.15, -0.1) is 5.10 Å². The maximum atomic E-state index is 13.9. The number of piperidine rings is 1. The molecule has 1 saturated heterocycles. The Kier molecular flexibility index (Phi) is 7.78. The Balaban J connectivity index is 1.29. The number of carbonyl (C=O) groups excluding carboxylic acids is 1. The van der Waals surface area contributed by atoms with Crippen LogP contribution < -0.4 is 0 Å². The number of aromatic amines is 1. The number of hydrogen-bond acceptors (Lipinski definition) is 6. The van der Waals surface area contributed by atoms with Crippen LogP contribution >= 0.6 is 11.6 Å². The molecule has 2 atom stereocenters. The van der Waals surface area contributed by atoms with Gasteiger partial charge in [0.1, 0.15) is 12.2 Å². The minimum Gasteiger partial charge on any atom is -0.478 e. The molecule has 0 bridgehead atoms. The molecule has 1 amide bonds. The largest absolute Gasteiger partial charge is 0.478 e. The highest BCUT2D eigenvalue weighted by molar-refractivity contribution is 6.30. The van der Waals surface area contributed by atoms with Gasteiger partial charge >= 0.3 is 5.97 Å². The van der Waals surface area contributed by atoms with E-state index in [1.807, 2.05) is 35.2 Å². The van der Waals surface area contributed by atoms with Gasteiger partial charge in [-0.1, -0.05) is 54.1 Å². The molecule has 1 fully saturated rings. The molecular weight excluding hydrogens is 554 g/mol. The Morgan fingerprint density at radius 2 is 1.86 bits per heavy atom. The molecule has 1 aliphatic rings. The molecule has 0 radical (unpaired) electrons. The van der Waals surface area contributed by atoms with Gasteiger partial charge < -0.3 is 15.0 Å². The fourth-order valence-electron chi connectivity index (χ4n) is 5.72. The molecule has 212 valence electrons. The SMILES string of the molecule is O=C(O)c1ccc(-c2cnc(C3C(c4ccccc4)CCCN3C(=O)CCc3cc(Cl)ccc3-n3cnnn3)[nH]2)cc1. The maximum Gasteiger partial charge on any atom is 0.335 e. The molecular formula is C31H28ClN7O3. The number of benzene rings is 3. The van der Waals surface area contributed by atoms with Crippen molar-refractivity contribution in [3.05, 3.63) is 113 Å². The maximum absolute atomic E-state index is 13.9. The molecule has 6 rings (SSSR count). The minimum absolute atomic E-state index is 0.0204. The molecule has 3 aromatic carbocycles. The lowest BCUT2D eigenvalue weighted by Gasteiger charge is -2.41. The van der Waals surface area contributed by atoms with Crippen molar-refractivity contribution in [3.8, 4) is 16.9 Å². The van der Waals surface area contributed by atoms with E-state index in [0.717, 1.165) is 40.9 Å². The monoisotopic (exact) mass is 581 g/mol. The number of nitrogens with one attached hydrogen (secondary N) is 1. The van der Waals surface area contributed by atoms with Gasteiger partial charge in [-0.05, 0) is 76.7 Å². The summed E-state index contributed by atoms with van der Waals surface area (Å²) in [5, 5.41) is 21.3. The number of carboxylic acids is 1. The lowest BCUT2D eigenvalue weighted by Crippen LogP contribution is -2.42. The average molecular weight is 582 g/mol. The van der Waals surface area contributed by atoms with Gasteiger partial charge in [-0.2, -0.15) is 0 Å². The number of tetrazole rings is 1. The summed E-state index contributed by atoms with van der Waals surface area (Å²) in [5.41, 5.74) is 4.60. The highest BCUT2D eigenvalue weighted by atomic mass is 35.5. The average Bonchev–Trinajstić information content (AvgIpc) is 3.73. The van der Waals surface area contributed by atoms with Crippen molar-refractivity contribution in [2.75, 3.05) is 6.54 Å². The first-order valence-electron chi connectivity index (χ1n) is 13.7. The van der Waals surface area contributed by atoms with Crippen molar-refractivity contribution in [2.45, 2.75) is 37.6 Å². The number of aromatic carboxylic acids is 1. The zero-order valence-electron chi connectivity index (χ0n) is 22.6. The third-order valence-corrected chi connectivity index (χ3v) is 7.98. The second kappa shape index (κ2) is 12.0. The van der Waals surface area contributed by atoms with Crippen LogP contribution in [0.5, 0.6) is 0 Å². The van der Waals surface area contributed by atoms with Gasteiger partial charge in [0, 0.05) is 23.9 Å². The number of imidazole rings is 1. The van der Waals surface area contributed by atoms with Gasteiger partial charge in [0.15, 0.2) is 0 Å². The molecule has 1 aliphatic heterocycles. The van der Waals surface area contributed by atoms with E-state index in [2.05, 4.69) is 32.6 Å². The second-order valence-corrected chi connectivity index (χ2v) is 10.7.